The second-order valence-electron chi connectivity index (χ2n) is 9.58. The Morgan fingerprint density at radius 2 is 1.20 bits per heavy atom. The summed E-state index contributed by atoms with van der Waals surface area (Å²) in [6.07, 6.45) is -0.0910. The average molecular weight is 559 g/mol. The molecule has 0 saturated carbocycles. The van der Waals surface area contributed by atoms with Crippen molar-refractivity contribution in [1.82, 2.24) is 0 Å². The summed E-state index contributed by atoms with van der Waals surface area (Å²) in [4.78, 5) is 25.5. The van der Waals surface area contributed by atoms with Crippen molar-refractivity contribution in [2.45, 2.75) is 46.8 Å². The van der Waals surface area contributed by atoms with Gasteiger partial charge in [-0.25, -0.2) is 4.79 Å². The van der Waals surface area contributed by atoms with E-state index < -0.39 is 36.0 Å². The quantitative estimate of drug-likeness (QED) is 0.327. The van der Waals surface area contributed by atoms with Crippen LogP contribution in [0.2, 0.25) is 0 Å². The zero-order valence-corrected chi connectivity index (χ0v) is 24.7. The summed E-state index contributed by atoms with van der Waals surface area (Å²) in [5, 5.41) is 11.8. The molecule has 2 aromatic carbocycles. The first-order chi connectivity index (χ1) is 19.0. The van der Waals surface area contributed by atoms with Crippen LogP contribution in [0.3, 0.4) is 0 Å². The Morgan fingerprint density at radius 1 is 0.725 bits per heavy atom. The maximum absolute atomic E-state index is 13.1. The van der Waals surface area contributed by atoms with Crippen LogP contribution in [0, 0.1) is 11.8 Å². The second-order valence-corrected chi connectivity index (χ2v) is 9.58. The minimum atomic E-state index is -0.901. The smallest absolute Gasteiger partial charge is 0.333 e. The van der Waals surface area contributed by atoms with Crippen molar-refractivity contribution in [3.05, 3.63) is 34.9 Å². The minimum Gasteiger partial charge on any atom is -0.504 e. The van der Waals surface area contributed by atoms with Crippen molar-refractivity contribution >= 4 is 11.9 Å². The Morgan fingerprint density at radius 3 is 1.65 bits per heavy atom. The van der Waals surface area contributed by atoms with E-state index in [2.05, 4.69) is 0 Å². The number of ether oxygens (including phenoxy) is 7. The van der Waals surface area contributed by atoms with Gasteiger partial charge in [-0.3, -0.25) is 4.79 Å². The standard InChI is InChI=1S/C30H38O10/c1-11-14(2)30(33)40-26-16(4)15(3)25(39-17(5)31)19-13-21(35-7)28(37-9)29(38-10)23(19)22-18(26)12-20(34-6)27(36-8)24(22)32/h11-13,15-16,25-26,32H,1-10H3/t15-,16+,25-,26-/m1/s1. The van der Waals surface area contributed by atoms with E-state index in [1.165, 1.54) is 42.5 Å². The lowest BCUT2D eigenvalue weighted by atomic mass is 9.74. The number of hydrogen-bond acceptors (Lipinski definition) is 10. The second kappa shape index (κ2) is 12.4. The molecule has 0 radical (unpaired) electrons. The van der Waals surface area contributed by atoms with Crippen molar-refractivity contribution < 1.29 is 47.9 Å². The molecule has 40 heavy (non-hydrogen) atoms. The molecular formula is C30H38O10. The van der Waals surface area contributed by atoms with Crippen LogP contribution < -0.4 is 23.7 Å². The van der Waals surface area contributed by atoms with Gasteiger partial charge in [0.05, 0.1) is 35.5 Å². The number of carbonyl (C=O) groups excluding carboxylic acids is 2. The number of esters is 2. The Labute approximate surface area is 234 Å². The van der Waals surface area contributed by atoms with Crippen LogP contribution in [-0.4, -0.2) is 52.6 Å². The third kappa shape index (κ3) is 5.22. The van der Waals surface area contributed by atoms with Crippen LogP contribution in [-0.2, 0) is 19.1 Å². The molecule has 0 fully saturated rings. The van der Waals surface area contributed by atoms with E-state index in [0.717, 1.165) is 0 Å². The van der Waals surface area contributed by atoms with Gasteiger partial charge >= 0.3 is 11.9 Å². The van der Waals surface area contributed by atoms with E-state index in [-0.39, 0.29) is 34.3 Å². The van der Waals surface area contributed by atoms with Crippen LogP contribution in [0.25, 0.3) is 11.1 Å². The van der Waals surface area contributed by atoms with Crippen molar-refractivity contribution in [3.63, 3.8) is 0 Å². The van der Waals surface area contributed by atoms with Gasteiger partial charge in [0.15, 0.2) is 23.0 Å². The van der Waals surface area contributed by atoms with Gasteiger partial charge in [-0.2, -0.15) is 0 Å². The van der Waals surface area contributed by atoms with E-state index in [4.69, 9.17) is 33.2 Å². The van der Waals surface area contributed by atoms with Crippen LogP contribution in [0.5, 0.6) is 34.5 Å². The highest BCUT2D eigenvalue weighted by atomic mass is 16.6. The summed E-state index contributed by atoms with van der Waals surface area (Å²) in [6, 6.07) is 3.37. The van der Waals surface area contributed by atoms with Gasteiger partial charge in [0, 0.05) is 46.6 Å². The summed E-state index contributed by atoms with van der Waals surface area (Å²) in [5.41, 5.74) is 1.97. The summed E-state index contributed by atoms with van der Waals surface area (Å²) in [6.45, 7) is 8.51. The fraction of sp³-hybridized carbons (Fsp3) is 0.467. The van der Waals surface area contributed by atoms with E-state index in [1.54, 1.807) is 32.1 Å². The molecule has 0 amide bonds. The number of methoxy groups -OCH3 is 5. The highest BCUT2D eigenvalue weighted by Gasteiger charge is 2.43. The van der Waals surface area contributed by atoms with Gasteiger partial charge in [0.25, 0.3) is 0 Å². The molecule has 3 rings (SSSR count). The lowest BCUT2D eigenvalue weighted by Gasteiger charge is -2.38. The molecular weight excluding hydrogens is 520 g/mol. The van der Waals surface area contributed by atoms with E-state index in [0.29, 0.717) is 28.0 Å². The van der Waals surface area contributed by atoms with Crippen LogP contribution in [0.1, 0.15) is 58.0 Å². The number of carbonyl (C=O) groups is 2. The number of allylic oxidation sites excluding steroid dienone is 1. The summed E-state index contributed by atoms with van der Waals surface area (Å²) >= 11 is 0. The van der Waals surface area contributed by atoms with Gasteiger partial charge in [0.1, 0.15) is 12.2 Å². The Kier molecular flexibility index (Phi) is 9.44. The van der Waals surface area contributed by atoms with E-state index in [1.807, 2.05) is 13.8 Å². The molecule has 1 aliphatic carbocycles. The predicted molar refractivity (Wildman–Crippen MR) is 147 cm³/mol. The molecule has 0 bridgehead atoms. The largest absolute Gasteiger partial charge is 0.504 e. The maximum Gasteiger partial charge on any atom is 0.333 e. The van der Waals surface area contributed by atoms with Crippen LogP contribution in [0.15, 0.2) is 23.8 Å². The molecule has 0 saturated heterocycles. The summed E-state index contributed by atoms with van der Waals surface area (Å²) in [7, 11) is 7.25. The zero-order valence-electron chi connectivity index (χ0n) is 24.7. The number of phenolic OH excluding ortho intramolecular Hbond substituents is 1. The molecule has 0 aromatic heterocycles. The first-order valence-corrected chi connectivity index (χ1v) is 12.8. The van der Waals surface area contributed by atoms with E-state index >= 15 is 0 Å². The van der Waals surface area contributed by atoms with Crippen molar-refractivity contribution in [1.29, 1.82) is 0 Å². The number of benzene rings is 2. The maximum atomic E-state index is 13.1. The lowest BCUT2D eigenvalue weighted by molar-refractivity contribution is -0.157. The fourth-order valence-corrected chi connectivity index (χ4v) is 5.10. The highest BCUT2D eigenvalue weighted by Crippen LogP contribution is 2.59. The molecule has 0 spiro atoms. The molecule has 0 heterocycles. The van der Waals surface area contributed by atoms with Gasteiger partial charge in [0.2, 0.25) is 11.5 Å². The van der Waals surface area contributed by atoms with Crippen LogP contribution >= 0.6 is 0 Å². The molecule has 10 heteroatoms. The molecule has 0 unspecified atom stereocenters. The van der Waals surface area contributed by atoms with Crippen molar-refractivity contribution in [3.8, 4) is 45.6 Å². The third-order valence-corrected chi connectivity index (χ3v) is 7.46. The molecule has 1 aliphatic rings. The number of hydrogen-bond donors (Lipinski definition) is 1. The minimum absolute atomic E-state index is 0.0593. The monoisotopic (exact) mass is 558 g/mol. The Bertz CT molecular complexity index is 1310. The normalized spacial score (nSPS) is 20.2. The third-order valence-electron chi connectivity index (χ3n) is 7.46. The van der Waals surface area contributed by atoms with Crippen LogP contribution in [0.4, 0.5) is 0 Å². The van der Waals surface area contributed by atoms with Gasteiger partial charge < -0.3 is 38.3 Å². The zero-order chi connectivity index (χ0) is 29.9. The van der Waals surface area contributed by atoms with Gasteiger partial charge in [-0.1, -0.05) is 19.9 Å². The Hall–Kier alpha value is -4.08. The molecule has 10 nitrogen and oxygen atoms in total. The lowest BCUT2D eigenvalue weighted by Crippen LogP contribution is -2.31. The SMILES string of the molecule is CC=C(C)C(=O)O[C@H]1c2cc(OC)c(OC)c(O)c2-c2c(cc(OC)c(OC)c2OC)[C@H](OC(C)=O)[C@H](C)[C@@H]1C. The highest BCUT2D eigenvalue weighted by molar-refractivity contribution is 5.90. The summed E-state index contributed by atoms with van der Waals surface area (Å²) < 4.78 is 40.2. The average Bonchev–Trinajstić information content (AvgIpc) is 2.95. The fourth-order valence-electron chi connectivity index (χ4n) is 5.10. The number of rotatable bonds is 8. The number of aromatic hydroxyl groups is 1. The van der Waals surface area contributed by atoms with Gasteiger partial charge in [-0.05, 0) is 26.0 Å². The first kappa shape index (κ1) is 30.5. The number of phenols is 1. The summed E-state index contributed by atoms with van der Waals surface area (Å²) in [5.74, 6) is -1.03. The van der Waals surface area contributed by atoms with Crippen molar-refractivity contribution in [2.75, 3.05) is 35.5 Å². The van der Waals surface area contributed by atoms with Crippen molar-refractivity contribution in [2.24, 2.45) is 11.8 Å². The first-order valence-electron chi connectivity index (χ1n) is 12.8. The Balaban J connectivity index is 2.62. The predicted octanol–water partition coefficient (Wildman–Crippen LogP) is 5.54. The molecule has 2 aromatic rings. The van der Waals surface area contributed by atoms with Gasteiger partial charge in [-0.15, -0.1) is 0 Å². The number of fused-ring (bicyclic) bond motifs is 3. The molecule has 4 atom stereocenters. The molecule has 218 valence electrons. The molecule has 0 aliphatic heterocycles. The molecule has 1 N–H and O–H groups in total. The van der Waals surface area contributed by atoms with E-state index in [9.17, 15) is 14.7 Å². The topological polar surface area (TPSA) is 119 Å².